The summed E-state index contributed by atoms with van der Waals surface area (Å²) >= 11 is 0. The Bertz CT molecular complexity index is 855. The van der Waals surface area contributed by atoms with Gasteiger partial charge in [-0.25, -0.2) is 4.98 Å². The summed E-state index contributed by atoms with van der Waals surface area (Å²) in [4.78, 5) is 23.0. The zero-order valence-electron chi connectivity index (χ0n) is 14.8. The van der Waals surface area contributed by atoms with Crippen molar-refractivity contribution in [1.29, 1.82) is 0 Å². The second-order valence-electron chi connectivity index (χ2n) is 8.13. The molecule has 1 saturated heterocycles. The number of likely N-dealkylation sites (tertiary alicyclic amines) is 1. The van der Waals surface area contributed by atoms with Crippen molar-refractivity contribution in [2.75, 3.05) is 13.1 Å². The maximum atomic E-state index is 12.5. The summed E-state index contributed by atoms with van der Waals surface area (Å²) in [5, 5.41) is 4.27. The SMILES string of the molecule is Cn1cc(CN2CCC3(CCc4c3nc(C3CC3)[nH]c4=O)CC2)cn1. The Labute approximate surface area is 147 Å². The number of rotatable bonds is 3. The first-order chi connectivity index (χ1) is 12.1. The van der Waals surface area contributed by atoms with Crippen molar-refractivity contribution >= 4 is 0 Å². The molecule has 6 nitrogen and oxygen atoms in total. The van der Waals surface area contributed by atoms with Crippen LogP contribution in [0.2, 0.25) is 0 Å². The molecule has 2 aromatic rings. The molecule has 0 bridgehead atoms. The van der Waals surface area contributed by atoms with Crippen molar-refractivity contribution in [2.24, 2.45) is 7.05 Å². The Hall–Kier alpha value is -1.95. The summed E-state index contributed by atoms with van der Waals surface area (Å²) in [5.74, 6) is 1.45. The number of fused-ring (bicyclic) bond motifs is 2. The van der Waals surface area contributed by atoms with Crippen LogP contribution < -0.4 is 5.56 Å². The van der Waals surface area contributed by atoms with E-state index in [1.165, 1.54) is 18.4 Å². The van der Waals surface area contributed by atoms with Gasteiger partial charge >= 0.3 is 0 Å². The van der Waals surface area contributed by atoms with Gasteiger partial charge in [0.2, 0.25) is 0 Å². The summed E-state index contributed by atoms with van der Waals surface area (Å²) < 4.78 is 1.86. The van der Waals surface area contributed by atoms with E-state index in [0.29, 0.717) is 5.92 Å². The van der Waals surface area contributed by atoms with Gasteiger partial charge in [0.25, 0.3) is 5.56 Å². The third kappa shape index (κ3) is 2.63. The number of piperidine rings is 1. The molecule has 3 heterocycles. The third-order valence-corrected chi connectivity index (χ3v) is 6.33. The lowest BCUT2D eigenvalue weighted by Gasteiger charge is -2.39. The summed E-state index contributed by atoms with van der Waals surface area (Å²) in [6.07, 6.45) is 10.6. The molecule has 132 valence electrons. The molecule has 3 aliphatic rings. The lowest BCUT2D eigenvalue weighted by Crippen LogP contribution is -2.41. The molecule has 1 spiro atoms. The van der Waals surface area contributed by atoms with Crippen LogP contribution in [0.25, 0.3) is 0 Å². The van der Waals surface area contributed by atoms with Gasteiger partial charge in [-0.15, -0.1) is 0 Å². The van der Waals surface area contributed by atoms with Gasteiger partial charge in [-0.3, -0.25) is 14.4 Å². The van der Waals surface area contributed by atoms with E-state index >= 15 is 0 Å². The van der Waals surface area contributed by atoms with Crippen LogP contribution in [0.3, 0.4) is 0 Å². The van der Waals surface area contributed by atoms with Crippen molar-refractivity contribution in [3.05, 3.63) is 45.4 Å². The highest BCUT2D eigenvalue weighted by molar-refractivity contribution is 5.34. The summed E-state index contributed by atoms with van der Waals surface area (Å²) in [6.45, 7) is 3.11. The van der Waals surface area contributed by atoms with Crippen LogP contribution in [0.1, 0.15) is 60.7 Å². The van der Waals surface area contributed by atoms with Crippen molar-refractivity contribution in [3.63, 3.8) is 0 Å². The van der Waals surface area contributed by atoms with Crippen LogP contribution >= 0.6 is 0 Å². The first-order valence-electron chi connectivity index (χ1n) is 9.46. The molecule has 1 aliphatic heterocycles. The minimum atomic E-state index is 0.126. The Morgan fingerprint density at radius 3 is 2.76 bits per heavy atom. The number of hydrogen-bond donors (Lipinski definition) is 1. The van der Waals surface area contributed by atoms with Gasteiger partial charge in [0.05, 0.1) is 11.9 Å². The van der Waals surface area contributed by atoms with Crippen molar-refractivity contribution in [3.8, 4) is 0 Å². The zero-order chi connectivity index (χ0) is 17.0. The van der Waals surface area contributed by atoms with E-state index in [9.17, 15) is 4.79 Å². The molecule has 5 rings (SSSR count). The van der Waals surface area contributed by atoms with E-state index in [1.807, 2.05) is 17.9 Å². The quantitative estimate of drug-likeness (QED) is 0.927. The number of H-pyrrole nitrogens is 1. The topological polar surface area (TPSA) is 66.8 Å². The first-order valence-corrected chi connectivity index (χ1v) is 9.46. The number of nitrogens with one attached hydrogen (secondary N) is 1. The van der Waals surface area contributed by atoms with E-state index in [2.05, 4.69) is 21.2 Å². The number of hydrogen-bond acceptors (Lipinski definition) is 4. The predicted octanol–water partition coefficient (Wildman–Crippen LogP) is 1.86. The summed E-state index contributed by atoms with van der Waals surface area (Å²) in [5.41, 5.74) is 3.64. The molecule has 2 fully saturated rings. The van der Waals surface area contributed by atoms with Crippen molar-refractivity contribution in [2.45, 2.75) is 56.4 Å². The van der Waals surface area contributed by atoms with Gasteiger partial charge in [-0.2, -0.15) is 5.10 Å². The number of aryl methyl sites for hydroxylation is 1. The van der Waals surface area contributed by atoms with Crippen LogP contribution in [0, 0.1) is 0 Å². The minimum Gasteiger partial charge on any atom is -0.310 e. The Morgan fingerprint density at radius 1 is 1.28 bits per heavy atom. The molecule has 0 unspecified atom stereocenters. The normalized spacial score (nSPS) is 22.4. The maximum absolute atomic E-state index is 12.5. The fraction of sp³-hybridized carbons (Fsp3) is 0.632. The van der Waals surface area contributed by atoms with Gasteiger partial charge in [-0.1, -0.05) is 0 Å². The van der Waals surface area contributed by atoms with Crippen molar-refractivity contribution in [1.82, 2.24) is 24.6 Å². The maximum Gasteiger partial charge on any atom is 0.254 e. The molecule has 0 amide bonds. The van der Waals surface area contributed by atoms with E-state index in [1.54, 1.807) is 0 Å². The summed E-state index contributed by atoms with van der Waals surface area (Å²) in [7, 11) is 1.96. The van der Waals surface area contributed by atoms with E-state index in [-0.39, 0.29) is 11.0 Å². The molecule has 6 heteroatoms. The molecule has 1 N–H and O–H groups in total. The van der Waals surface area contributed by atoms with E-state index < -0.39 is 0 Å². The fourth-order valence-corrected chi connectivity index (χ4v) is 4.66. The second kappa shape index (κ2) is 5.53. The van der Waals surface area contributed by atoms with Crippen LogP contribution in [0.15, 0.2) is 17.2 Å². The molecule has 0 atom stereocenters. The molecule has 25 heavy (non-hydrogen) atoms. The second-order valence-corrected chi connectivity index (χ2v) is 8.13. The summed E-state index contributed by atoms with van der Waals surface area (Å²) in [6, 6.07) is 0. The van der Waals surface area contributed by atoms with Gasteiger partial charge in [0.1, 0.15) is 5.82 Å². The Balaban J connectivity index is 1.36. The highest BCUT2D eigenvalue weighted by atomic mass is 16.1. The van der Waals surface area contributed by atoms with Crippen LogP contribution in [-0.2, 0) is 25.4 Å². The minimum absolute atomic E-state index is 0.126. The molecular weight excluding hydrogens is 314 g/mol. The lowest BCUT2D eigenvalue weighted by molar-refractivity contribution is 0.150. The van der Waals surface area contributed by atoms with Gasteiger partial charge in [0.15, 0.2) is 0 Å². The predicted molar refractivity (Wildman–Crippen MR) is 94.6 cm³/mol. The number of aromatic nitrogens is 4. The first kappa shape index (κ1) is 15.3. The highest BCUT2D eigenvalue weighted by Gasteiger charge is 2.44. The fourth-order valence-electron chi connectivity index (χ4n) is 4.66. The molecule has 0 radical (unpaired) electrons. The number of nitrogens with zero attached hydrogens (tertiary/aromatic N) is 4. The van der Waals surface area contributed by atoms with Gasteiger partial charge in [-0.05, 0) is 51.6 Å². The van der Waals surface area contributed by atoms with Gasteiger partial charge in [0, 0.05) is 42.2 Å². The smallest absolute Gasteiger partial charge is 0.254 e. The monoisotopic (exact) mass is 339 g/mol. The number of aromatic amines is 1. The lowest BCUT2D eigenvalue weighted by atomic mass is 9.76. The highest BCUT2D eigenvalue weighted by Crippen LogP contribution is 2.46. The Kier molecular flexibility index (Phi) is 3.39. The Morgan fingerprint density at radius 2 is 2.08 bits per heavy atom. The van der Waals surface area contributed by atoms with Crippen LogP contribution in [-0.4, -0.2) is 37.7 Å². The van der Waals surface area contributed by atoms with Crippen LogP contribution in [0.4, 0.5) is 0 Å². The third-order valence-electron chi connectivity index (χ3n) is 6.33. The zero-order valence-corrected chi connectivity index (χ0v) is 14.8. The average Bonchev–Trinajstić information content (AvgIpc) is 3.29. The largest absolute Gasteiger partial charge is 0.310 e. The van der Waals surface area contributed by atoms with Crippen molar-refractivity contribution < 1.29 is 0 Å². The molecule has 0 aromatic carbocycles. The standard InChI is InChI=1S/C19H25N5O/c1-23-11-13(10-20-23)12-24-8-6-19(7-9-24)5-4-15-16(19)21-17(14-2-3-14)22-18(15)25/h10-11,14H,2-9,12H2,1H3,(H,21,22,25). The molecule has 1 saturated carbocycles. The van der Waals surface area contributed by atoms with Crippen LogP contribution in [0.5, 0.6) is 0 Å². The van der Waals surface area contributed by atoms with E-state index in [0.717, 1.165) is 62.4 Å². The van der Waals surface area contributed by atoms with E-state index in [4.69, 9.17) is 4.98 Å². The van der Waals surface area contributed by atoms with Gasteiger partial charge < -0.3 is 4.98 Å². The molecular formula is C19H25N5O. The molecule has 2 aliphatic carbocycles. The molecule has 2 aromatic heterocycles. The average molecular weight is 339 g/mol.